The van der Waals surface area contributed by atoms with E-state index in [-0.39, 0.29) is 0 Å². The molecule has 1 aliphatic rings. The summed E-state index contributed by atoms with van der Waals surface area (Å²) in [5, 5.41) is 0. The Morgan fingerprint density at radius 2 is 1.79 bits per heavy atom. The Labute approximate surface area is 186 Å². The molecule has 0 spiro atoms. The second-order valence-electron chi connectivity index (χ2n) is 8.03. The van der Waals surface area contributed by atoms with E-state index in [1.165, 1.54) is 49.3 Å². The van der Waals surface area contributed by atoms with Gasteiger partial charge in [-0.05, 0) is 61.6 Å². The number of halogens is 1. The van der Waals surface area contributed by atoms with Crippen LogP contribution in [-0.2, 0) is 17.8 Å². The van der Waals surface area contributed by atoms with E-state index in [0.29, 0.717) is 6.10 Å². The van der Waals surface area contributed by atoms with E-state index in [0.717, 1.165) is 26.2 Å². The molecule has 0 saturated carbocycles. The Kier molecular flexibility index (Phi) is 6.86. The van der Waals surface area contributed by atoms with Gasteiger partial charge in [-0.1, -0.05) is 57.9 Å². The van der Waals surface area contributed by atoms with Crippen molar-refractivity contribution in [3.63, 3.8) is 0 Å². The van der Waals surface area contributed by atoms with Crippen LogP contribution >= 0.6 is 27.3 Å². The summed E-state index contributed by atoms with van der Waals surface area (Å²) in [5.41, 5.74) is 5.23. The average molecular weight is 470 g/mol. The Hall–Kier alpha value is -1.46. The maximum Gasteiger partial charge on any atom is 0.0703 e. The maximum atomic E-state index is 5.94. The summed E-state index contributed by atoms with van der Waals surface area (Å²) >= 11 is 5.66. The number of hydrogen-bond acceptors (Lipinski definition) is 3. The van der Waals surface area contributed by atoms with Crippen LogP contribution in [0.2, 0.25) is 0 Å². The minimum Gasteiger partial charge on any atom is -0.377 e. The van der Waals surface area contributed by atoms with Gasteiger partial charge in [0.1, 0.15) is 0 Å². The first-order valence-corrected chi connectivity index (χ1v) is 11.9. The zero-order chi connectivity index (χ0) is 20.2. The van der Waals surface area contributed by atoms with Gasteiger partial charge < -0.3 is 4.74 Å². The summed E-state index contributed by atoms with van der Waals surface area (Å²) in [6.07, 6.45) is 2.71. The van der Waals surface area contributed by atoms with Gasteiger partial charge in [0, 0.05) is 40.5 Å². The second-order valence-corrected chi connectivity index (χ2v) is 10.1. The van der Waals surface area contributed by atoms with E-state index in [2.05, 4.69) is 89.3 Å². The van der Waals surface area contributed by atoms with Gasteiger partial charge in [-0.2, -0.15) is 0 Å². The normalized spacial score (nSPS) is 16.6. The van der Waals surface area contributed by atoms with E-state index in [9.17, 15) is 0 Å². The number of thiophene rings is 1. The fraction of sp³-hybridized carbons (Fsp3) is 0.360. The lowest BCUT2D eigenvalue weighted by molar-refractivity contribution is 0.0682. The molecule has 0 radical (unpaired) electrons. The highest BCUT2D eigenvalue weighted by molar-refractivity contribution is 9.10. The van der Waals surface area contributed by atoms with Gasteiger partial charge in [0.15, 0.2) is 0 Å². The molecule has 29 heavy (non-hydrogen) atoms. The molecule has 0 aliphatic carbocycles. The molecule has 1 atom stereocenters. The van der Waals surface area contributed by atoms with Gasteiger partial charge in [0.25, 0.3) is 0 Å². The van der Waals surface area contributed by atoms with Crippen molar-refractivity contribution in [2.24, 2.45) is 0 Å². The molecule has 152 valence electrons. The van der Waals surface area contributed by atoms with Crippen molar-refractivity contribution in [3.8, 4) is 10.4 Å². The van der Waals surface area contributed by atoms with Crippen LogP contribution in [0.4, 0.5) is 0 Å². The number of aryl methyl sites for hydroxylation is 2. The third kappa shape index (κ3) is 5.58. The second kappa shape index (κ2) is 9.57. The van der Waals surface area contributed by atoms with Gasteiger partial charge in [-0.3, -0.25) is 4.90 Å². The first kappa shape index (κ1) is 20.8. The Bertz CT molecular complexity index is 944. The highest BCUT2D eigenvalue weighted by atomic mass is 79.9. The zero-order valence-electron chi connectivity index (χ0n) is 17.2. The van der Waals surface area contributed by atoms with Crippen LogP contribution in [0, 0.1) is 13.8 Å². The molecule has 2 aromatic carbocycles. The molecule has 0 N–H and O–H groups in total. The standard InChI is InChI=1S/C25H28BrNOS/c1-18-5-8-20(9-6-18)25-12-11-23(29-25)17-27(16-22-4-3-13-28-22)15-21-10-7-19(2)14-24(21)26/h5-12,14,22H,3-4,13,15-17H2,1-2H3. The molecule has 1 aromatic heterocycles. The van der Waals surface area contributed by atoms with Crippen LogP contribution in [0.1, 0.15) is 34.4 Å². The Morgan fingerprint density at radius 3 is 2.52 bits per heavy atom. The quantitative estimate of drug-likeness (QED) is 0.370. The molecule has 4 rings (SSSR count). The van der Waals surface area contributed by atoms with Gasteiger partial charge in [-0.25, -0.2) is 0 Å². The first-order valence-electron chi connectivity index (χ1n) is 10.3. The Morgan fingerprint density at radius 1 is 1.00 bits per heavy atom. The lowest BCUT2D eigenvalue weighted by Crippen LogP contribution is -2.31. The van der Waals surface area contributed by atoms with Crippen molar-refractivity contribution in [2.45, 2.75) is 45.9 Å². The summed E-state index contributed by atoms with van der Waals surface area (Å²) < 4.78 is 7.14. The van der Waals surface area contributed by atoms with Crippen LogP contribution in [0.15, 0.2) is 59.1 Å². The Balaban J connectivity index is 1.50. The number of nitrogens with zero attached hydrogens (tertiary/aromatic N) is 1. The summed E-state index contributed by atoms with van der Waals surface area (Å²) in [4.78, 5) is 5.28. The molecule has 0 bridgehead atoms. The predicted octanol–water partition coefficient (Wildman–Crippen LogP) is 6.98. The smallest absolute Gasteiger partial charge is 0.0703 e. The zero-order valence-corrected chi connectivity index (χ0v) is 19.6. The third-order valence-corrected chi connectivity index (χ3v) is 7.32. The lowest BCUT2D eigenvalue weighted by atomic mass is 10.1. The SMILES string of the molecule is Cc1ccc(-c2ccc(CN(Cc3ccc(C)cc3Br)CC3CCCO3)s2)cc1. The van der Waals surface area contributed by atoms with Crippen molar-refractivity contribution in [3.05, 3.63) is 80.6 Å². The largest absolute Gasteiger partial charge is 0.377 e. The minimum atomic E-state index is 0.357. The molecular formula is C25H28BrNOS. The minimum absolute atomic E-state index is 0.357. The van der Waals surface area contributed by atoms with E-state index < -0.39 is 0 Å². The molecule has 1 aliphatic heterocycles. The fourth-order valence-corrected chi connectivity index (χ4v) is 5.51. The topological polar surface area (TPSA) is 12.5 Å². The summed E-state index contributed by atoms with van der Waals surface area (Å²) in [6.45, 7) is 8.04. The summed E-state index contributed by atoms with van der Waals surface area (Å²) in [5.74, 6) is 0. The van der Waals surface area contributed by atoms with E-state index in [4.69, 9.17) is 4.74 Å². The molecule has 0 amide bonds. The first-order chi connectivity index (χ1) is 14.1. The highest BCUT2D eigenvalue weighted by Gasteiger charge is 2.20. The monoisotopic (exact) mass is 469 g/mol. The molecule has 2 nitrogen and oxygen atoms in total. The molecule has 1 fully saturated rings. The molecular weight excluding hydrogens is 442 g/mol. The van der Waals surface area contributed by atoms with Crippen molar-refractivity contribution >= 4 is 27.3 Å². The van der Waals surface area contributed by atoms with Crippen molar-refractivity contribution < 1.29 is 4.74 Å². The van der Waals surface area contributed by atoms with Gasteiger partial charge in [0.2, 0.25) is 0 Å². The van der Waals surface area contributed by atoms with E-state index in [1.54, 1.807) is 0 Å². The van der Waals surface area contributed by atoms with E-state index >= 15 is 0 Å². The van der Waals surface area contributed by atoms with Crippen molar-refractivity contribution in [1.29, 1.82) is 0 Å². The van der Waals surface area contributed by atoms with Crippen molar-refractivity contribution in [1.82, 2.24) is 4.90 Å². The number of benzene rings is 2. The number of rotatable bonds is 7. The molecule has 1 saturated heterocycles. The van der Waals surface area contributed by atoms with E-state index in [1.807, 2.05) is 11.3 Å². The molecule has 2 heterocycles. The molecule has 4 heteroatoms. The lowest BCUT2D eigenvalue weighted by Gasteiger charge is -2.25. The average Bonchev–Trinajstić information content (AvgIpc) is 3.37. The summed E-state index contributed by atoms with van der Waals surface area (Å²) in [6, 6.07) is 20.0. The predicted molar refractivity (Wildman–Crippen MR) is 126 cm³/mol. The molecule has 3 aromatic rings. The summed E-state index contributed by atoms with van der Waals surface area (Å²) in [7, 11) is 0. The van der Waals surface area contributed by atoms with Gasteiger partial charge in [-0.15, -0.1) is 11.3 Å². The van der Waals surface area contributed by atoms with Crippen LogP contribution in [-0.4, -0.2) is 24.2 Å². The van der Waals surface area contributed by atoms with Crippen LogP contribution in [0.5, 0.6) is 0 Å². The number of ether oxygens (including phenoxy) is 1. The van der Waals surface area contributed by atoms with Crippen LogP contribution in [0.25, 0.3) is 10.4 Å². The van der Waals surface area contributed by atoms with Crippen molar-refractivity contribution in [2.75, 3.05) is 13.2 Å². The van der Waals surface area contributed by atoms with Crippen LogP contribution < -0.4 is 0 Å². The third-order valence-electron chi connectivity index (χ3n) is 5.47. The highest BCUT2D eigenvalue weighted by Crippen LogP contribution is 2.30. The fourth-order valence-electron chi connectivity index (χ4n) is 3.84. The maximum absolute atomic E-state index is 5.94. The van der Waals surface area contributed by atoms with Gasteiger partial charge >= 0.3 is 0 Å². The molecule has 1 unspecified atom stereocenters. The van der Waals surface area contributed by atoms with Gasteiger partial charge in [0.05, 0.1) is 6.10 Å². The van der Waals surface area contributed by atoms with Crippen LogP contribution in [0.3, 0.4) is 0 Å². The number of hydrogen-bond donors (Lipinski definition) is 0.